The molecule has 0 spiro atoms. The lowest BCUT2D eigenvalue weighted by atomic mass is 9.93. The average molecular weight is 428 g/mol. The molecule has 1 N–H and O–H groups in total. The quantitative estimate of drug-likeness (QED) is 0.753. The molecule has 30 heavy (non-hydrogen) atoms. The Morgan fingerprint density at radius 3 is 2.50 bits per heavy atom. The van der Waals surface area contributed by atoms with Gasteiger partial charge in [-0.05, 0) is 42.7 Å². The summed E-state index contributed by atoms with van der Waals surface area (Å²) in [6, 6.07) is 8.66. The lowest BCUT2D eigenvalue weighted by Crippen LogP contribution is -2.40. The summed E-state index contributed by atoms with van der Waals surface area (Å²) in [4.78, 5) is 24.5. The fourth-order valence-electron chi connectivity index (χ4n) is 4.46. The molecule has 0 bridgehead atoms. The zero-order valence-corrected chi connectivity index (χ0v) is 17.4. The van der Waals surface area contributed by atoms with E-state index in [2.05, 4.69) is 12.2 Å². The van der Waals surface area contributed by atoms with Gasteiger partial charge in [-0.25, -0.2) is 13.2 Å². The molecular weight excluding hydrogens is 406 g/mol. The fourth-order valence-corrected chi connectivity index (χ4v) is 5.87. The third-order valence-corrected chi connectivity index (χ3v) is 7.89. The third-order valence-electron chi connectivity index (χ3n) is 5.98. The number of carbonyl (C=O) groups excluding carboxylic acids is 1. The molecular formula is C21H22N3O5S+. The molecule has 2 aromatic rings. The van der Waals surface area contributed by atoms with E-state index in [9.17, 15) is 18.1 Å². The Morgan fingerprint density at radius 2 is 1.80 bits per heavy atom. The van der Waals surface area contributed by atoms with Crippen molar-refractivity contribution in [3.05, 3.63) is 51.9 Å². The van der Waals surface area contributed by atoms with E-state index < -0.39 is 15.9 Å². The second-order valence-electron chi connectivity index (χ2n) is 7.94. The van der Waals surface area contributed by atoms with Gasteiger partial charge < -0.3 is 10.1 Å². The standard InChI is InChI=1S/C21H21N3O5S/c1-13-10-17-19-12-24(26)21(25)18(19)11-16(20(17)22-13)14-2-4-15(5-3-14)30(27,28)23-6-8-29-9-7-23/h2-5,11,13H,6-10,12H2,1H3/p+1. The summed E-state index contributed by atoms with van der Waals surface area (Å²) >= 11 is 0. The first-order valence-corrected chi connectivity index (χ1v) is 11.4. The number of hydrogen-bond donors (Lipinski definition) is 1. The highest BCUT2D eigenvalue weighted by Crippen LogP contribution is 2.42. The topological polar surface area (TPSA) is 95.8 Å². The molecule has 1 atom stereocenters. The van der Waals surface area contributed by atoms with Gasteiger partial charge in [0.25, 0.3) is 0 Å². The van der Waals surface area contributed by atoms with Crippen LogP contribution in [-0.4, -0.2) is 55.7 Å². The number of fused-ring (bicyclic) bond motifs is 3. The van der Waals surface area contributed by atoms with Crippen molar-refractivity contribution in [2.45, 2.75) is 30.8 Å². The van der Waals surface area contributed by atoms with Crippen LogP contribution < -0.4 is 5.32 Å². The number of anilines is 1. The van der Waals surface area contributed by atoms with Crippen LogP contribution in [0.2, 0.25) is 0 Å². The molecule has 1 unspecified atom stereocenters. The molecule has 1 fully saturated rings. The lowest BCUT2D eigenvalue weighted by molar-refractivity contribution is -0.459. The van der Waals surface area contributed by atoms with E-state index >= 15 is 0 Å². The van der Waals surface area contributed by atoms with Gasteiger partial charge in [0.2, 0.25) is 16.6 Å². The van der Waals surface area contributed by atoms with Gasteiger partial charge in [-0.3, -0.25) is 0 Å². The van der Waals surface area contributed by atoms with E-state index in [1.165, 1.54) is 4.31 Å². The number of nitrogens with zero attached hydrogens (tertiary/aromatic N) is 2. The Labute approximate surface area is 174 Å². The number of nitroso groups, excluding NO2 is 1. The molecule has 3 aliphatic rings. The smallest absolute Gasteiger partial charge is 0.382 e. The van der Waals surface area contributed by atoms with Crippen molar-refractivity contribution >= 4 is 21.6 Å². The SMILES string of the molecule is CC1Cc2c3c(cc(-c4ccc(S(=O)(=O)N5CCOCC5)cc4)c2N1)C(=O)[N+](=O)C3. The van der Waals surface area contributed by atoms with Crippen LogP contribution >= 0.6 is 0 Å². The maximum atomic E-state index is 12.9. The van der Waals surface area contributed by atoms with Gasteiger partial charge in [0.15, 0.2) is 0 Å². The van der Waals surface area contributed by atoms with E-state index in [-0.39, 0.29) is 17.5 Å². The van der Waals surface area contributed by atoms with Crippen LogP contribution in [0.5, 0.6) is 0 Å². The molecule has 2 aromatic carbocycles. The van der Waals surface area contributed by atoms with Gasteiger partial charge >= 0.3 is 5.91 Å². The zero-order chi connectivity index (χ0) is 21.0. The van der Waals surface area contributed by atoms with Crippen LogP contribution in [0.25, 0.3) is 11.1 Å². The summed E-state index contributed by atoms with van der Waals surface area (Å²) < 4.78 is 32.9. The minimum Gasteiger partial charge on any atom is -0.382 e. The number of ether oxygens (including phenoxy) is 1. The molecule has 0 saturated carbocycles. The normalized spacial score (nSPS) is 21.4. The van der Waals surface area contributed by atoms with Crippen LogP contribution in [0.3, 0.4) is 0 Å². The van der Waals surface area contributed by atoms with Crippen molar-refractivity contribution in [2.75, 3.05) is 31.6 Å². The van der Waals surface area contributed by atoms with Crippen LogP contribution in [0.1, 0.15) is 28.4 Å². The summed E-state index contributed by atoms with van der Waals surface area (Å²) in [7, 11) is -3.57. The fraction of sp³-hybridized carbons (Fsp3) is 0.381. The highest BCUT2D eigenvalue weighted by Gasteiger charge is 2.41. The van der Waals surface area contributed by atoms with Crippen molar-refractivity contribution < 1.29 is 22.7 Å². The number of carbonyl (C=O) groups is 1. The first-order chi connectivity index (χ1) is 14.4. The van der Waals surface area contributed by atoms with Crippen molar-refractivity contribution in [1.29, 1.82) is 0 Å². The minimum atomic E-state index is -3.57. The minimum absolute atomic E-state index is 0.0852. The summed E-state index contributed by atoms with van der Waals surface area (Å²) in [5.41, 5.74) is 4.79. The van der Waals surface area contributed by atoms with Gasteiger partial charge in [0.1, 0.15) is 5.56 Å². The summed E-state index contributed by atoms with van der Waals surface area (Å²) in [6.07, 6.45) is 0.746. The molecule has 156 valence electrons. The van der Waals surface area contributed by atoms with Crippen molar-refractivity contribution in [1.82, 2.24) is 4.31 Å². The highest BCUT2D eigenvalue weighted by atomic mass is 32.2. The van der Waals surface area contributed by atoms with E-state index in [0.29, 0.717) is 36.6 Å². The molecule has 8 nitrogen and oxygen atoms in total. The predicted molar refractivity (Wildman–Crippen MR) is 110 cm³/mol. The van der Waals surface area contributed by atoms with Gasteiger partial charge in [-0.15, -0.1) is 0 Å². The van der Waals surface area contributed by atoms with Crippen molar-refractivity contribution in [3.63, 3.8) is 0 Å². The van der Waals surface area contributed by atoms with Gasteiger partial charge in [-0.2, -0.15) is 4.31 Å². The van der Waals surface area contributed by atoms with Crippen molar-refractivity contribution in [3.8, 4) is 11.1 Å². The number of sulfonamides is 1. The first-order valence-electron chi connectivity index (χ1n) is 9.99. The van der Waals surface area contributed by atoms with Gasteiger partial charge in [-0.1, -0.05) is 12.1 Å². The van der Waals surface area contributed by atoms with Crippen LogP contribution in [0.15, 0.2) is 35.2 Å². The molecule has 0 aromatic heterocycles. The number of nitrogens with one attached hydrogen (secondary N) is 1. The molecule has 3 heterocycles. The molecule has 3 aliphatic heterocycles. The summed E-state index contributed by atoms with van der Waals surface area (Å²) in [5, 5.41) is 3.45. The van der Waals surface area contributed by atoms with E-state index in [4.69, 9.17) is 4.74 Å². The monoisotopic (exact) mass is 428 g/mol. The van der Waals surface area contributed by atoms with Crippen molar-refractivity contribution in [2.24, 2.45) is 0 Å². The number of amides is 1. The Balaban J connectivity index is 1.55. The Bertz CT molecular complexity index is 1170. The van der Waals surface area contributed by atoms with E-state index in [0.717, 1.165) is 34.4 Å². The highest BCUT2D eigenvalue weighted by molar-refractivity contribution is 7.89. The Morgan fingerprint density at radius 1 is 1.10 bits per heavy atom. The molecule has 9 heteroatoms. The molecule has 5 rings (SSSR count). The first kappa shape index (κ1) is 19.3. The second kappa shape index (κ2) is 6.97. The molecule has 1 saturated heterocycles. The van der Waals surface area contributed by atoms with Gasteiger partial charge in [0, 0.05) is 40.9 Å². The Kier molecular flexibility index (Phi) is 4.49. The van der Waals surface area contributed by atoms with E-state index in [1.807, 2.05) is 0 Å². The lowest BCUT2D eigenvalue weighted by Gasteiger charge is -2.26. The molecule has 1 amide bonds. The summed E-state index contributed by atoms with van der Waals surface area (Å²) in [5.74, 6) is -0.514. The number of rotatable bonds is 3. The number of benzene rings is 2. The molecule has 0 radical (unpaired) electrons. The number of hydrogen-bond acceptors (Lipinski definition) is 6. The van der Waals surface area contributed by atoms with Crippen LogP contribution in [-0.2, 0) is 27.7 Å². The van der Waals surface area contributed by atoms with Crippen LogP contribution in [0.4, 0.5) is 5.69 Å². The summed E-state index contributed by atoms with van der Waals surface area (Å²) in [6.45, 7) is 3.62. The maximum Gasteiger partial charge on any atom is 0.466 e. The molecule has 0 aliphatic carbocycles. The third kappa shape index (κ3) is 2.96. The second-order valence-corrected chi connectivity index (χ2v) is 9.87. The average Bonchev–Trinajstić information content (AvgIpc) is 3.28. The van der Waals surface area contributed by atoms with Gasteiger partial charge in [0.05, 0.1) is 22.9 Å². The van der Waals surface area contributed by atoms with E-state index in [1.54, 1.807) is 30.3 Å². The largest absolute Gasteiger partial charge is 0.466 e. The zero-order valence-electron chi connectivity index (χ0n) is 16.6. The Hall–Kier alpha value is -2.62. The predicted octanol–water partition coefficient (Wildman–Crippen LogP) is 2.16. The maximum absolute atomic E-state index is 12.9. The number of morpholine rings is 1. The van der Waals surface area contributed by atoms with Crippen LogP contribution in [0, 0.1) is 4.91 Å².